The zero-order chi connectivity index (χ0) is 16.4. The number of rotatable bonds is 3. The molecule has 4 heteroatoms. The number of hydrogen-bond donors (Lipinski definition) is 0. The second-order valence-corrected chi connectivity index (χ2v) is 6.75. The number of thiazole rings is 1. The third-order valence-corrected chi connectivity index (χ3v) is 4.90. The zero-order valence-corrected chi connectivity index (χ0v) is 14.5. The Kier molecular flexibility index (Phi) is 4.44. The highest BCUT2D eigenvalue weighted by Crippen LogP contribution is 2.19. The first-order valence-electron chi connectivity index (χ1n) is 7.85. The monoisotopic (exact) mass is 324 g/mol. The molecular formula is C19H20N2OS. The molecule has 0 aliphatic rings. The van der Waals surface area contributed by atoms with Crippen LogP contribution in [-0.4, -0.2) is 10.5 Å². The van der Waals surface area contributed by atoms with Gasteiger partial charge in [-0.2, -0.15) is 4.99 Å². The first-order chi connectivity index (χ1) is 11.1. The van der Waals surface area contributed by atoms with Gasteiger partial charge in [-0.1, -0.05) is 42.5 Å². The van der Waals surface area contributed by atoms with E-state index in [0.717, 1.165) is 28.8 Å². The lowest BCUT2D eigenvalue weighted by Crippen LogP contribution is -2.17. The van der Waals surface area contributed by atoms with E-state index in [1.165, 1.54) is 10.3 Å². The van der Waals surface area contributed by atoms with E-state index in [-0.39, 0.29) is 5.91 Å². The molecule has 1 amide bonds. The summed E-state index contributed by atoms with van der Waals surface area (Å²) in [6.45, 7) is 7.02. The lowest BCUT2D eigenvalue weighted by atomic mass is 10.1. The summed E-state index contributed by atoms with van der Waals surface area (Å²) in [5, 5.41) is 0. The number of carbonyl (C=O) groups is 1. The van der Waals surface area contributed by atoms with Crippen molar-refractivity contribution in [3.05, 3.63) is 64.0 Å². The van der Waals surface area contributed by atoms with Crippen molar-refractivity contribution in [1.82, 2.24) is 4.57 Å². The molecule has 0 saturated carbocycles. The van der Waals surface area contributed by atoms with Gasteiger partial charge in [0.05, 0.1) is 10.2 Å². The molecule has 0 aliphatic carbocycles. The number of hydrogen-bond acceptors (Lipinski definition) is 2. The standard InChI is InChI=1S/C19H20N2OS/c1-4-11-21-16-10-9-13(2)12-17(16)23-19(21)20-18(22)15-8-6-5-7-14(15)3/h5-10,12H,4,11H2,1-3H3. The number of carbonyl (C=O) groups excluding carboxylic acids is 1. The van der Waals surface area contributed by atoms with Gasteiger partial charge in [0.25, 0.3) is 5.91 Å². The predicted molar refractivity (Wildman–Crippen MR) is 95.9 cm³/mol. The molecular weight excluding hydrogens is 304 g/mol. The van der Waals surface area contributed by atoms with Crippen LogP contribution in [0.1, 0.15) is 34.8 Å². The van der Waals surface area contributed by atoms with Crippen molar-refractivity contribution in [1.29, 1.82) is 0 Å². The van der Waals surface area contributed by atoms with E-state index in [9.17, 15) is 4.79 Å². The number of aromatic nitrogens is 1. The highest BCUT2D eigenvalue weighted by atomic mass is 32.1. The Morgan fingerprint density at radius 2 is 1.96 bits per heavy atom. The fourth-order valence-corrected chi connectivity index (χ4v) is 3.82. The molecule has 3 nitrogen and oxygen atoms in total. The third-order valence-electron chi connectivity index (χ3n) is 3.86. The Morgan fingerprint density at radius 3 is 2.70 bits per heavy atom. The third kappa shape index (κ3) is 3.13. The Hall–Kier alpha value is -2.20. The quantitative estimate of drug-likeness (QED) is 0.700. The van der Waals surface area contributed by atoms with E-state index in [1.54, 1.807) is 11.3 Å². The van der Waals surface area contributed by atoms with Crippen LogP contribution in [0.25, 0.3) is 10.2 Å². The molecule has 0 radical (unpaired) electrons. The van der Waals surface area contributed by atoms with E-state index < -0.39 is 0 Å². The largest absolute Gasteiger partial charge is 0.316 e. The highest BCUT2D eigenvalue weighted by molar-refractivity contribution is 7.16. The van der Waals surface area contributed by atoms with Crippen molar-refractivity contribution < 1.29 is 4.79 Å². The summed E-state index contributed by atoms with van der Waals surface area (Å²) in [5.74, 6) is -0.170. The number of nitrogens with zero attached hydrogens (tertiary/aromatic N) is 2. The van der Waals surface area contributed by atoms with Gasteiger partial charge in [0, 0.05) is 12.1 Å². The van der Waals surface area contributed by atoms with Crippen LogP contribution in [0.3, 0.4) is 0 Å². The Balaban J connectivity index is 2.16. The van der Waals surface area contributed by atoms with Crippen molar-refractivity contribution in [2.75, 3.05) is 0 Å². The van der Waals surface area contributed by atoms with Crippen LogP contribution >= 0.6 is 11.3 Å². The van der Waals surface area contributed by atoms with Gasteiger partial charge in [-0.05, 0) is 49.6 Å². The van der Waals surface area contributed by atoms with Gasteiger partial charge in [-0.3, -0.25) is 4.79 Å². The topological polar surface area (TPSA) is 34.4 Å². The molecule has 0 aliphatic heterocycles. The summed E-state index contributed by atoms with van der Waals surface area (Å²) in [7, 11) is 0. The molecule has 1 heterocycles. The molecule has 1 aromatic heterocycles. The molecule has 3 aromatic rings. The smallest absolute Gasteiger partial charge is 0.279 e. The summed E-state index contributed by atoms with van der Waals surface area (Å²) < 4.78 is 3.32. The molecule has 2 aromatic carbocycles. The normalized spacial score (nSPS) is 12.0. The lowest BCUT2D eigenvalue weighted by molar-refractivity contribution is 0.0997. The van der Waals surface area contributed by atoms with Gasteiger partial charge in [0.15, 0.2) is 4.80 Å². The Morgan fingerprint density at radius 1 is 1.17 bits per heavy atom. The van der Waals surface area contributed by atoms with E-state index in [2.05, 4.69) is 41.6 Å². The van der Waals surface area contributed by atoms with Crippen LogP contribution in [0.15, 0.2) is 47.5 Å². The summed E-state index contributed by atoms with van der Waals surface area (Å²) in [4.78, 5) is 17.8. The summed E-state index contributed by atoms with van der Waals surface area (Å²) in [5.41, 5.74) is 4.00. The summed E-state index contributed by atoms with van der Waals surface area (Å²) in [6, 6.07) is 14.0. The molecule has 3 rings (SSSR count). The molecule has 0 N–H and O–H groups in total. The Labute approximate surface area is 139 Å². The Bertz CT molecular complexity index is 934. The van der Waals surface area contributed by atoms with E-state index >= 15 is 0 Å². The van der Waals surface area contributed by atoms with Gasteiger partial charge in [0.1, 0.15) is 0 Å². The predicted octanol–water partition coefficient (Wildman–Crippen LogP) is 4.47. The van der Waals surface area contributed by atoms with Gasteiger partial charge in [0.2, 0.25) is 0 Å². The number of benzene rings is 2. The molecule has 0 fully saturated rings. The summed E-state index contributed by atoms with van der Waals surface area (Å²) in [6.07, 6.45) is 1.01. The maximum absolute atomic E-state index is 12.6. The second kappa shape index (κ2) is 6.50. The van der Waals surface area contributed by atoms with Crippen molar-refractivity contribution in [2.24, 2.45) is 4.99 Å². The average molecular weight is 324 g/mol. The molecule has 118 valence electrons. The molecule has 0 bridgehead atoms. The van der Waals surface area contributed by atoms with Crippen LogP contribution in [0.2, 0.25) is 0 Å². The highest BCUT2D eigenvalue weighted by Gasteiger charge is 2.10. The van der Waals surface area contributed by atoms with E-state index in [0.29, 0.717) is 5.56 Å². The molecule has 0 spiro atoms. The van der Waals surface area contributed by atoms with Gasteiger partial charge in [-0.25, -0.2) is 0 Å². The van der Waals surface area contributed by atoms with Crippen molar-refractivity contribution in [2.45, 2.75) is 33.7 Å². The molecule has 0 atom stereocenters. The van der Waals surface area contributed by atoms with Crippen LogP contribution < -0.4 is 4.80 Å². The molecule has 23 heavy (non-hydrogen) atoms. The maximum atomic E-state index is 12.6. The van der Waals surface area contributed by atoms with E-state index in [1.807, 2.05) is 31.2 Å². The zero-order valence-electron chi connectivity index (χ0n) is 13.7. The fourth-order valence-electron chi connectivity index (χ4n) is 2.67. The van der Waals surface area contributed by atoms with Crippen LogP contribution in [-0.2, 0) is 6.54 Å². The van der Waals surface area contributed by atoms with Crippen LogP contribution in [0.5, 0.6) is 0 Å². The maximum Gasteiger partial charge on any atom is 0.279 e. The number of fused-ring (bicyclic) bond motifs is 1. The van der Waals surface area contributed by atoms with Gasteiger partial charge >= 0.3 is 0 Å². The first-order valence-corrected chi connectivity index (χ1v) is 8.66. The minimum Gasteiger partial charge on any atom is -0.316 e. The minimum absolute atomic E-state index is 0.170. The van der Waals surface area contributed by atoms with Crippen LogP contribution in [0.4, 0.5) is 0 Å². The van der Waals surface area contributed by atoms with Gasteiger partial charge in [-0.15, -0.1) is 0 Å². The first kappa shape index (κ1) is 15.7. The lowest BCUT2D eigenvalue weighted by Gasteiger charge is -2.03. The van der Waals surface area contributed by atoms with Crippen molar-refractivity contribution in [3.8, 4) is 0 Å². The molecule has 0 saturated heterocycles. The second-order valence-electron chi connectivity index (χ2n) is 5.74. The summed E-state index contributed by atoms with van der Waals surface area (Å²) >= 11 is 1.58. The number of aryl methyl sites for hydroxylation is 3. The van der Waals surface area contributed by atoms with Crippen molar-refractivity contribution >= 4 is 27.5 Å². The SMILES string of the molecule is CCCn1c(=NC(=O)c2ccccc2C)sc2cc(C)ccc21. The fraction of sp³-hybridized carbons (Fsp3) is 0.263. The van der Waals surface area contributed by atoms with Crippen LogP contribution in [0, 0.1) is 13.8 Å². The van der Waals surface area contributed by atoms with Crippen molar-refractivity contribution in [3.63, 3.8) is 0 Å². The van der Waals surface area contributed by atoms with E-state index in [4.69, 9.17) is 0 Å². The minimum atomic E-state index is -0.170. The van der Waals surface area contributed by atoms with Gasteiger partial charge < -0.3 is 4.57 Å². The number of amides is 1. The average Bonchev–Trinajstić information content (AvgIpc) is 2.84. The molecule has 0 unspecified atom stereocenters.